The molecule has 3 aromatic rings. The summed E-state index contributed by atoms with van der Waals surface area (Å²) < 4.78 is 16.6. The van der Waals surface area contributed by atoms with Crippen LogP contribution < -0.4 is 25.0 Å². The van der Waals surface area contributed by atoms with Crippen molar-refractivity contribution in [2.75, 3.05) is 18.5 Å². The fourth-order valence-electron chi connectivity index (χ4n) is 3.36. The van der Waals surface area contributed by atoms with E-state index in [1.165, 1.54) is 36.4 Å². The van der Waals surface area contributed by atoms with Crippen LogP contribution in [0, 0.1) is 10.1 Å². The van der Waals surface area contributed by atoms with E-state index in [2.05, 4.69) is 15.8 Å². The average molecular weight is 549 g/mol. The second kappa shape index (κ2) is 14.0. The molecule has 0 aliphatic carbocycles. The van der Waals surface area contributed by atoms with E-state index in [9.17, 15) is 24.5 Å². The SMILES string of the molecule is CCOc1ccc(C(=O)Oc2ccc([N+](=O)[O-])cc2/C=N/NC(=O)c2ccc(NC(=O)CC)cc2)cc1OCC. The van der Waals surface area contributed by atoms with Crippen LogP contribution in [0.5, 0.6) is 17.2 Å². The van der Waals surface area contributed by atoms with Crippen molar-refractivity contribution in [2.24, 2.45) is 5.10 Å². The van der Waals surface area contributed by atoms with E-state index in [1.54, 1.807) is 32.0 Å². The molecule has 0 saturated heterocycles. The molecule has 3 aromatic carbocycles. The summed E-state index contributed by atoms with van der Waals surface area (Å²) >= 11 is 0. The Labute approximate surface area is 230 Å². The Kier molecular flexibility index (Phi) is 10.3. The van der Waals surface area contributed by atoms with Crippen molar-refractivity contribution in [2.45, 2.75) is 27.2 Å². The van der Waals surface area contributed by atoms with Crippen LogP contribution in [-0.2, 0) is 4.79 Å². The Balaban J connectivity index is 1.78. The van der Waals surface area contributed by atoms with Crippen molar-refractivity contribution in [3.63, 3.8) is 0 Å². The van der Waals surface area contributed by atoms with Gasteiger partial charge in [-0.25, -0.2) is 10.2 Å². The van der Waals surface area contributed by atoms with Crippen LogP contribution >= 0.6 is 0 Å². The summed E-state index contributed by atoms with van der Waals surface area (Å²) in [7, 11) is 0. The fourth-order valence-corrected chi connectivity index (χ4v) is 3.36. The highest BCUT2D eigenvalue weighted by Gasteiger charge is 2.17. The van der Waals surface area contributed by atoms with Crippen molar-refractivity contribution >= 4 is 35.4 Å². The van der Waals surface area contributed by atoms with Crippen LogP contribution in [0.2, 0.25) is 0 Å². The smallest absolute Gasteiger partial charge is 0.343 e. The van der Waals surface area contributed by atoms with Gasteiger partial charge in [-0.15, -0.1) is 0 Å². The zero-order chi connectivity index (χ0) is 29.1. The van der Waals surface area contributed by atoms with Gasteiger partial charge in [-0.3, -0.25) is 19.7 Å². The molecule has 0 aliphatic rings. The lowest BCUT2D eigenvalue weighted by Crippen LogP contribution is -2.18. The quantitative estimate of drug-likeness (QED) is 0.108. The minimum atomic E-state index is -0.744. The van der Waals surface area contributed by atoms with E-state index in [0.29, 0.717) is 36.8 Å². The van der Waals surface area contributed by atoms with Crippen molar-refractivity contribution in [3.8, 4) is 17.2 Å². The number of anilines is 1. The second-order valence-corrected chi connectivity index (χ2v) is 8.07. The van der Waals surface area contributed by atoms with Crippen LogP contribution in [0.3, 0.4) is 0 Å². The number of carbonyl (C=O) groups excluding carboxylic acids is 3. The molecule has 0 radical (unpaired) electrons. The maximum absolute atomic E-state index is 12.9. The summed E-state index contributed by atoms with van der Waals surface area (Å²) in [6.07, 6.45) is 1.45. The van der Waals surface area contributed by atoms with Crippen molar-refractivity contribution in [1.82, 2.24) is 5.43 Å². The third-order valence-corrected chi connectivity index (χ3v) is 5.31. The first-order chi connectivity index (χ1) is 19.2. The number of nitro groups is 1. The van der Waals surface area contributed by atoms with Gasteiger partial charge in [0.05, 0.1) is 29.9 Å². The first-order valence-corrected chi connectivity index (χ1v) is 12.4. The number of carbonyl (C=O) groups is 3. The number of nitrogens with one attached hydrogen (secondary N) is 2. The average Bonchev–Trinajstić information content (AvgIpc) is 2.95. The molecular formula is C28H28N4O8. The first kappa shape index (κ1) is 29.3. The lowest BCUT2D eigenvalue weighted by atomic mass is 10.1. The number of hydrogen-bond donors (Lipinski definition) is 2. The number of nitro benzene ring substituents is 1. The summed E-state index contributed by atoms with van der Waals surface area (Å²) in [5.41, 5.74) is 3.10. The molecule has 2 amide bonds. The lowest BCUT2D eigenvalue weighted by molar-refractivity contribution is -0.384. The number of esters is 1. The number of ether oxygens (including phenoxy) is 3. The number of non-ortho nitro benzene ring substituents is 1. The number of rotatable bonds is 12. The molecule has 208 valence electrons. The summed E-state index contributed by atoms with van der Waals surface area (Å²) in [6.45, 7) is 6.11. The van der Waals surface area contributed by atoms with E-state index in [-0.39, 0.29) is 34.0 Å². The molecule has 40 heavy (non-hydrogen) atoms. The number of amides is 2. The van der Waals surface area contributed by atoms with Crippen molar-refractivity contribution in [1.29, 1.82) is 0 Å². The number of nitrogens with zero attached hydrogens (tertiary/aromatic N) is 2. The van der Waals surface area contributed by atoms with Crippen LogP contribution in [0.15, 0.2) is 65.8 Å². The van der Waals surface area contributed by atoms with Crippen LogP contribution in [0.25, 0.3) is 0 Å². The molecule has 0 fully saturated rings. The zero-order valence-corrected chi connectivity index (χ0v) is 22.1. The van der Waals surface area contributed by atoms with E-state index in [4.69, 9.17) is 14.2 Å². The molecule has 3 rings (SSSR count). The topological polar surface area (TPSA) is 158 Å². The zero-order valence-electron chi connectivity index (χ0n) is 22.1. The van der Waals surface area contributed by atoms with Gasteiger partial charge in [0.1, 0.15) is 5.75 Å². The minimum Gasteiger partial charge on any atom is -0.490 e. The highest BCUT2D eigenvalue weighted by molar-refractivity contribution is 5.97. The predicted molar refractivity (Wildman–Crippen MR) is 147 cm³/mol. The van der Waals surface area contributed by atoms with Crippen molar-refractivity contribution in [3.05, 3.63) is 87.5 Å². The van der Waals surface area contributed by atoms with Crippen molar-refractivity contribution < 1.29 is 33.5 Å². The maximum atomic E-state index is 12.9. The molecule has 0 saturated carbocycles. The minimum absolute atomic E-state index is 0.0172. The highest BCUT2D eigenvalue weighted by Crippen LogP contribution is 2.30. The number of benzene rings is 3. The van der Waals surface area contributed by atoms with Crippen LogP contribution in [-0.4, -0.2) is 42.1 Å². The van der Waals surface area contributed by atoms with Crippen LogP contribution in [0.1, 0.15) is 53.5 Å². The van der Waals surface area contributed by atoms with Gasteiger partial charge < -0.3 is 19.5 Å². The summed E-state index contributed by atoms with van der Waals surface area (Å²) in [4.78, 5) is 47.6. The monoisotopic (exact) mass is 548 g/mol. The van der Waals surface area contributed by atoms with E-state index < -0.39 is 16.8 Å². The Morgan fingerprint density at radius 3 is 2.17 bits per heavy atom. The molecule has 0 spiro atoms. The normalized spacial score (nSPS) is 10.6. The number of hydrazone groups is 1. The first-order valence-electron chi connectivity index (χ1n) is 12.4. The summed E-state index contributed by atoms with van der Waals surface area (Å²) in [5.74, 6) is -0.643. The van der Waals surface area contributed by atoms with Gasteiger partial charge >= 0.3 is 5.97 Å². The molecule has 12 heteroatoms. The Hall–Kier alpha value is -5.26. The van der Waals surface area contributed by atoms with E-state index >= 15 is 0 Å². The molecule has 0 aliphatic heterocycles. The Bertz CT molecular complexity index is 1420. The highest BCUT2D eigenvalue weighted by atomic mass is 16.6. The van der Waals surface area contributed by atoms with E-state index in [0.717, 1.165) is 12.3 Å². The Morgan fingerprint density at radius 1 is 0.875 bits per heavy atom. The van der Waals surface area contributed by atoms with Gasteiger partial charge in [0.25, 0.3) is 11.6 Å². The summed E-state index contributed by atoms with van der Waals surface area (Å²) in [5, 5.41) is 17.9. The van der Waals surface area contributed by atoms with Gasteiger partial charge in [-0.1, -0.05) is 6.92 Å². The molecule has 2 N–H and O–H groups in total. The molecule has 0 bridgehead atoms. The third kappa shape index (κ3) is 7.87. The van der Waals surface area contributed by atoms with Gasteiger partial charge in [0, 0.05) is 35.4 Å². The molecule has 0 unspecified atom stereocenters. The fraction of sp³-hybridized carbons (Fsp3) is 0.214. The standard InChI is InChI=1S/C28H28N4O8/c1-4-26(33)30-21-10-7-18(8-11-21)27(34)31-29-17-20-15-22(32(36)37)12-14-23(20)40-28(35)19-9-13-24(38-5-2)25(16-19)39-6-3/h7-17H,4-6H2,1-3H3,(H,30,33)(H,31,34)/b29-17+. The summed E-state index contributed by atoms with van der Waals surface area (Å²) in [6, 6.07) is 14.3. The molecule has 0 aromatic heterocycles. The number of hydrogen-bond acceptors (Lipinski definition) is 9. The van der Waals surface area contributed by atoms with Gasteiger partial charge in [-0.2, -0.15) is 5.10 Å². The largest absolute Gasteiger partial charge is 0.490 e. The molecular weight excluding hydrogens is 520 g/mol. The lowest BCUT2D eigenvalue weighted by Gasteiger charge is -2.12. The molecule has 12 nitrogen and oxygen atoms in total. The maximum Gasteiger partial charge on any atom is 0.343 e. The predicted octanol–water partition coefficient (Wildman–Crippen LogP) is 4.72. The molecule has 0 atom stereocenters. The molecule has 0 heterocycles. The van der Waals surface area contributed by atoms with Gasteiger partial charge in [0.15, 0.2) is 11.5 Å². The van der Waals surface area contributed by atoms with Crippen LogP contribution in [0.4, 0.5) is 11.4 Å². The Morgan fingerprint density at radius 2 is 1.52 bits per heavy atom. The van der Waals surface area contributed by atoms with Gasteiger partial charge in [-0.05, 0) is 62.4 Å². The van der Waals surface area contributed by atoms with Gasteiger partial charge in [0.2, 0.25) is 5.91 Å². The third-order valence-electron chi connectivity index (χ3n) is 5.31. The second-order valence-electron chi connectivity index (χ2n) is 8.07. The van der Waals surface area contributed by atoms with E-state index in [1.807, 2.05) is 6.92 Å².